The van der Waals surface area contributed by atoms with Gasteiger partial charge in [-0.3, -0.25) is 14.4 Å². The molecule has 0 saturated carbocycles. The number of carbonyl (C=O) groups is 3. The lowest BCUT2D eigenvalue weighted by atomic mass is 9.70. The van der Waals surface area contributed by atoms with Crippen molar-refractivity contribution in [1.29, 1.82) is 0 Å². The van der Waals surface area contributed by atoms with Crippen LogP contribution in [0.25, 0.3) is 0 Å². The van der Waals surface area contributed by atoms with Crippen LogP contribution in [0.3, 0.4) is 0 Å². The second kappa shape index (κ2) is 13.8. The number of aliphatic hydroxyl groups is 1. The number of aliphatic hydroxyl groups excluding tert-OH is 1. The minimum Gasteiger partial charge on any atom is -0.494 e. The third kappa shape index (κ3) is 5.92. The lowest BCUT2D eigenvalue weighted by molar-refractivity contribution is -0.139. The van der Waals surface area contributed by atoms with Crippen LogP contribution in [0.2, 0.25) is 0 Å². The number of anilines is 2. The smallest absolute Gasteiger partial charge is 0.251 e. The van der Waals surface area contributed by atoms with Crippen LogP contribution >= 0.6 is 11.8 Å². The SMILES string of the molecule is C=CCN(C(=O)[C@@H]1[C@H]2C(=O)N(CCCCO)C(C(=O)N(CC=C)c3cc(C)ccc3C)C23CC[C@H]1S3)c1ccc(OCC)cc1. The Hall–Kier alpha value is -3.56. The normalized spacial score (nSPS) is 24.8. The van der Waals surface area contributed by atoms with Gasteiger partial charge < -0.3 is 24.5 Å². The molecule has 3 heterocycles. The van der Waals surface area contributed by atoms with Gasteiger partial charge in [-0.1, -0.05) is 24.3 Å². The van der Waals surface area contributed by atoms with Crippen LogP contribution in [-0.2, 0) is 14.4 Å². The Bertz CT molecular complexity index is 1440. The van der Waals surface area contributed by atoms with Gasteiger partial charge in [0.2, 0.25) is 11.8 Å². The zero-order chi connectivity index (χ0) is 32.3. The van der Waals surface area contributed by atoms with Crippen molar-refractivity contribution < 1.29 is 24.2 Å². The topological polar surface area (TPSA) is 90.4 Å². The van der Waals surface area contributed by atoms with E-state index in [0.29, 0.717) is 45.5 Å². The Labute approximate surface area is 271 Å². The Morgan fingerprint density at radius 2 is 1.78 bits per heavy atom. The summed E-state index contributed by atoms with van der Waals surface area (Å²) in [6, 6.07) is 12.7. The first kappa shape index (κ1) is 32.8. The highest BCUT2D eigenvalue weighted by Crippen LogP contribution is 2.67. The van der Waals surface area contributed by atoms with E-state index in [1.54, 1.807) is 38.6 Å². The number of benzene rings is 2. The van der Waals surface area contributed by atoms with Crippen molar-refractivity contribution in [3.05, 3.63) is 78.9 Å². The number of amides is 3. The Morgan fingerprint density at radius 3 is 2.44 bits per heavy atom. The van der Waals surface area contributed by atoms with E-state index in [4.69, 9.17) is 4.74 Å². The average Bonchev–Trinajstić information content (AvgIpc) is 3.67. The Balaban J connectivity index is 1.54. The molecule has 45 heavy (non-hydrogen) atoms. The maximum absolute atomic E-state index is 14.8. The number of unbranched alkanes of at least 4 members (excludes halogenated alkanes) is 1. The fourth-order valence-electron chi connectivity index (χ4n) is 7.46. The molecule has 0 aliphatic carbocycles. The van der Waals surface area contributed by atoms with E-state index in [-0.39, 0.29) is 29.6 Å². The predicted octanol–water partition coefficient (Wildman–Crippen LogP) is 5.30. The zero-order valence-electron chi connectivity index (χ0n) is 26.6. The molecule has 3 amide bonds. The highest BCUT2D eigenvalue weighted by Gasteiger charge is 2.74. The summed E-state index contributed by atoms with van der Waals surface area (Å²) in [6.45, 7) is 15.3. The Kier molecular flexibility index (Phi) is 10.1. The van der Waals surface area contributed by atoms with E-state index in [2.05, 4.69) is 13.2 Å². The van der Waals surface area contributed by atoms with Gasteiger partial charge in [-0.05, 0) is 87.9 Å². The first-order chi connectivity index (χ1) is 21.7. The van der Waals surface area contributed by atoms with Crippen LogP contribution in [0.15, 0.2) is 67.8 Å². The van der Waals surface area contributed by atoms with E-state index in [0.717, 1.165) is 34.7 Å². The number of hydrogen-bond donors (Lipinski definition) is 1. The molecule has 3 aliphatic rings. The highest BCUT2D eigenvalue weighted by atomic mass is 32.2. The second-order valence-electron chi connectivity index (χ2n) is 12.2. The number of ether oxygens (including phenoxy) is 1. The molecular weight excluding hydrogens is 586 g/mol. The van der Waals surface area contributed by atoms with Crippen LogP contribution in [0.1, 0.15) is 43.7 Å². The molecule has 1 spiro atoms. The molecular formula is C36H45N3O5S. The number of likely N-dealkylation sites (tertiary alicyclic amines) is 1. The number of aryl methyl sites for hydroxylation is 2. The molecule has 3 saturated heterocycles. The highest BCUT2D eigenvalue weighted by molar-refractivity contribution is 8.02. The number of hydrogen-bond acceptors (Lipinski definition) is 6. The third-order valence-corrected chi connectivity index (χ3v) is 11.3. The summed E-state index contributed by atoms with van der Waals surface area (Å²) in [7, 11) is 0. The van der Waals surface area contributed by atoms with E-state index in [9.17, 15) is 19.5 Å². The van der Waals surface area contributed by atoms with Crippen molar-refractivity contribution in [3.8, 4) is 5.75 Å². The van der Waals surface area contributed by atoms with Gasteiger partial charge in [0.1, 0.15) is 11.8 Å². The van der Waals surface area contributed by atoms with Gasteiger partial charge in [-0.15, -0.1) is 24.9 Å². The van der Waals surface area contributed by atoms with Gasteiger partial charge in [0.25, 0.3) is 5.91 Å². The summed E-state index contributed by atoms with van der Waals surface area (Å²) in [5.41, 5.74) is 3.53. The summed E-state index contributed by atoms with van der Waals surface area (Å²) < 4.78 is 4.89. The van der Waals surface area contributed by atoms with Crippen LogP contribution in [0.5, 0.6) is 5.75 Å². The molecule has 5 rings (SSSR count). The van der Waals surface area contributed by atoms with Gasteiger partial charge in [-0.25, -0.2) is 0 Å². The first-order valence-electron chi connectivity index (χ1n) is 16.0. The number of fused-ring (bicyclic) bond motifs is 1. The van der Waals surface area contributed by atoms with Crippen molar-refractivity contribution in [3.63, 3.8) is 0 Å². The van der Waals surface area contributed by atoms with Crippen molar-refractivity contribution in [2.75, 3.05) is 42.6 Å². The van der Waals surface area contributed by atoms with Crippen molar-refractivity contribution >= 4 is 40.9 Å². The first-order valence-corrected chi connectivity index (χ1v) is 16.8. The molecule has 3 aliphatic heterocycles. The maximum atomic E-state index is 14.8. The van der Waals surface area contributed by atoms with Crippen LogP contribution in [0, 0.1) is 25.7 Å². The van der Waals surface area contributed by atoms with E-state index >= 15 is 0 Å². The summed E-state index contributed by atoms with van der Waals surface area (Å²) in [5, 5.41) is 9.47. The number of rotatable bonds is 14. The molecule has 2 aromatic carbocycles. The van der Waals surface area contributed by atoms with Crippen molar-refractivity contribution in [2.24, 2.45) is 11.8 Å². The Morgan fingerprint density at radius 1 is 1.07 bits per heavy atom. The fraction of sp³-hybridized carbons (Fsp3) is 0.472. The molecule has 1 N–H and O–H groups in total. The maximum Gasteiger partial charge on any atom is 0.251 e. The summed E-state index contributed by atoms with van der Waals surface area (Å²) >= 11 is 1.67. The third-order valence-electron chi connectivity index (χ3n) is 9.40. The van der Waals surface area contributed by atoms with Crippen molar-refractivity contribution in [1.82, 2.24) is 4.90 Å². The molecule has 240 valence electrons. The molecule has 0 radical (unpaired) electrons. The van der Waals surface area contributed by atoms with Crippen molar-refractivity contribution in [2.45, 2.75) is 62.5 Å². The second-order valence-corrected chi connectivity index (χ2v) is 13.8. The molecule has 5 atom stereocenters. The zero-order valence-corrected chi connectivity index (χ0v) is 27.4. The summed E-state index contributed by atoms with van der Waals surface area (Å²) in [5.74, 6) is -0.841. The quantitative estimate of drug-likeness (QED) is 0.225. The van der Waals surface area contributed by atoms with Crippen LogP contribution in [0.4, 0.5) is 11.4 Å². The fourth-order valence-corrected chi connectivity index (χ4v) is 9.67. The molecule has 2 unspecified atom stereocenters. The average molecular weight is 632 g/mol. The van der Waals surface area contributed by atoms with Crippen LogP contribution in [-0.4, -0.2) is 76.6 Å². The van der Waals surface area contributed by atoms with E-state index < -0.39 is 22.6 Å². The van der Waals surface area contributed by atoms with Gasteiger partial charge >= 0.3 is 0 Å². The largest absolute Gasteiger partial charge is 0.494 e. The lowest BCUT2D eigenvalue weighted by Crippen LogP contribution is -2.55. The lowest BCUT2D eigenvalue weighted by Gasteiger charge is -2.38. The molecule has 0 aromatic heterocycles. The standard InChI is InChI=1S/C36H45N3O5S/c1-6-19-37(26-13-15-27(16-14-26)44-8-3)33(41)30-29-17-18-36(45-29)31(30)34(42)39(21-9-10-22-40)32(36)35(43)38(20-7-2)28-23-24(4)11-12-25(28)5/h6-7,11-16,23,29-32,40H,1-2,8-10,17-22H2,3-5H3/t29-,30+,31+,32?,36?/m1/s1. The molecule has 2 aromatic rings. The molecule has 2 bridgehead atoms. The monoisotopic (exact) mass is 631 g/mol. The van der Waals surface area contributed by atoms with E-state index in [1.165, 1.54) is 0 Å². The predicted molar refractivity (Wildman–Crippen MR) is 181 cm³/mol. The van der Waals surface area contributed by atoms with Gasteiger partial charge in [0.15, 0.2) is 0 Å². The molecule has 9 heteroatoms. The molecule has 3 fully saturated rings. The van der Waals surface area contributed by atoms with Gasteiger partial charge in [0, 0.05) is 42.9 Å². The number of thioether (sulfide) groups is 1. The van der Waals surface area contributed by atoms with Crippen LogP contribution < -0.4 is 14.5 Å². The van der Waals surface area contributed by atoms with E-state index in [1.807, 2.05) is 63.2 Å². The van der Waals surface area contributed by atoms with Gasteiger partial charge in [0.05, 0.1) is 23.2 Å². The summed E-state index contributed by atoms with van der Waals surface area (Å²) in [4.78, 5) is 49.1. The molecule has 8 nitrogen and oxygen atoms in total. The number of nitrogens with zero attached hydrogens (tertiary/aromatic N) is 3. The number of carbonyl (C=O) groups excluding carboxylic acids is 3. The summed E-state index contributed by atoms with van der Waals surface area (Å²) in [6.07, 6.45) is 5.97. The van der Waals surface area contributed by atoms with Gasteiger partial charge in [-0.2, -0.15) is 0 Å². The minimum absolute atomic E-state index is 0.0107. The minimum atomic E-state index is -0.723.